The first kappa shape index (κ1) is 16.7. The van der Waals surface area contributed by atoms with E-state index < -0.39 is 15.3 Å². The second-order valence-corrected chi connectivity index (χ2v) is 9.72. The number of hydrogen-bond acceptors (Lipinski definition) is 4. The van der Waals surface area contributed by atoms with E-state index in [1.807, 2.05) is 0 Å². The fourth-order valence-electron chi connectivity index (χ4n) is 4.22. The molecular formula is C14H27N3O3S. The Labute approximate surface area is 127 Å². The fourth-order valence-corrected chi connectivity index (χ4v) is 4.97. The maximum absolute atomic E-state index is 12.2. The highest BCUT2D eigenvalue weighted by Gasteiger charge is 2.47. The SMILES string of the molecule is CC1(C)CC(N2CC(S(N)(=O)=O)CC2=O)CC(C)(CN)C1. The number of primary sulfonamides is 1. The van der Waals surface area contributed by atoms with E-state index in [4.69, 9.17) is 10.9 Å². The molecule has 0 bridgehead atoms. The van der Waals surface area contributed by atoms with E-state index in [1.54, 1.807) is 4.90 Å². The topological polar surface area (TPSA) is 106 Å². The summed E-state index contributed by atoms with van der Waals surface area (Å²) in [6, 6.07) is 0.0570. The molecule has 122 valence electrons. The van der Waals surface area contributed by atoms with Crippen molar-refractivity contribution in [1.82, 2.24) is 4.90 Å². The molecule has 1 saturated heterocycles. The number of sulfonamides is 1. The summed E-state index contributed by atoms with van der Waals surface area (Å²) >= 11 is 0. The molecule has 1 aliphatic carbocycles. The highest BCUT2D eigenvalue weighted by molar-refractivity contribution is 7.89. The van der Waals surface area contributed by atoms with Gasteiger partial charge in [-0.2, -0.15) is 0 Å². The Bertz CT molecular complexity index is 532. The molecule has 7 heteroatoms. The first-order valence-corrected chi connectivity index (χ1v) is 9.08. The number of hydrogen-bond donors (Lipinski definition) is 2. The number of carbonyl (C=O) groups excluding carboxylic acids is 1. The molecule has 1 saturated carbocycles. The lowest BCUT2D eigenvalue weighted by Gasteiger charge is -2.48. The molecule has 2 fully saturated rings. The van der Waals surface area contributed by atoms with Crippen LogP contribution >= 0.6 is 0 Å². The lowest BCUT2D eigenvalue weighted by Crippen LogP contribution is -2.50. The van der Waals surface area contributed by atoms with Crippen molar-refractivity contribution in [2.24, 2.45) is 21.7 Å². The summed E-state index contributed by atoms with van der Waals surface area (Å²) in [5.41, 5.74) is 6.02. The van der Waals surface area contributed by atoms with Crippen molar-refractivity contribution in [2.75, 3.05) is 13.1 Å². The maximum Gasteiger partial charge on any atom is 0.224 e. The van der Waals surface area contributed by atoms with E-state index in [0.717, 1.165) is 19.3 Å². The van der Waals surface area contributed by atoms with Crippen molar-refractivity contribution in [3.63, 3.8) is 0 Å². The molecule has 0 spiro atoms. The molecule has 0 aromatic carbocycles. The van der Waals surface area contributed by atoms with Gasteiger partial charge in [-0.3, -0.25) is 4.79 Å². The summed E-state index contributed by atoms with van der Waals surface area (Å²) < 4.78 is 23.0. The predicted molar refractivity (Wildman–Crippen MR) is 81.8 cm³/mol. The van der Waals surface area contributed by atoms with Gasteiger partial charge < -0.3 is 10.6 Å². The molecule has 21 heavy (non-hydrogen) atoms. The Kier molecular flexibility index (Phi) is 4.14. The predicted octanol–water partition coefficient (Wildman–Crippen LogP) is 0.420. The van der Waals surface area contributed by atoms with Gasteiger partial charge >= 0.3 is 0 Å². The Hall–Kier alpha value is -0.660. The summed E-state index contributed by atoms with van der Waals surface area (Å²) in [6.45, 7) is 7.32. The van der Waals surface area contributed by atoms with E-state index >= 15 is 0 Å². The molecular weight excluding hydrogens is 290 g/mol. The van der Waals surface area contributed by atoms with Gasteiger partial charge in [0.05, 0.1) is 0 Å². The van der Waals surface area contributed by atoms with Crippen LogP contribution < -0.4 is 10.9 Å². The molecule has 1 heterocycles. The molecule has 2 aliphatic rings. The summed E-state index contributed by atoms with van der Waals surface area (Å²) in [5, 5.41) is 4.44. The minimum atomic E-state index is -3.66. The average molecular weight is 317 g/mol. The van der Waals surface area contributed by atoms with E-state index in [9.17, 15) is 13.2 Å². The first-order valence-electron chi connectivity index (χ1n) is 7.47. The van der Waals surface area contributed by atoms with Gasteiger partial charge in [0.25, 0.3) is 0 Å². The number of carbonyl (C=O) groups is 1. The Morgan fingerprint density at radius 2 is 1.90 bits per heavy atom. The number of likely N-dealkylation sites (tertiary alicyclic amines) is 1. The highest BCUT2D eigenvalue weighted by atomic mass is 32.2. The zero-order valence-corrected chi connectivity index (χ0v) is 13.9. The molecule has 3 unspecified atom stereocenters. The summed E-state index contributed by atoms with van der Waals surface area (Å²) in [4.78, 5) is 13.9. The second-order valence-electron chi connectivity index (χ2n) is 7.88. The highest BCUT2D eigenvalue weighted by Crippen LogP contribution is 2.47. The lowest BCUT2D eigenvalue weighted by molar-refractivity contribution is -0.132. The van der Waals surface area contributed by atoms with Gasteiger partial charge in [0.1, 0.15) is 5.25 Å². The van der Waals surface area contributed by atoms with E-state index in [2.05, 4.69) is 20.8 Å². The first-order chi connectivity index (χ1) is 9.46. The number of amides is 1. The third-order valence-corrected chi connectivity index (χ3v) is 6.19. The molecule has 3 atom stereocenters. The number of nitrogens with zero attached hydrogens (tertiary/aromatic N) is 1. The number of nitrogens with two attached hydrogens (primary N) is 2. The summed E-state index contributed by atoms with van der Waals surface area (Å²) in [6.07, 6.45) is 2.74. The zero-order chi connectivity index (χ0) is 16.1. The van der Waals surface area contributed by atoms with Gasteiger partial charge in [-0.15, -0.1) is 0 Å². The van der Waals surface area contributed by atoms with Crippen molar-refractivity contribution in [1.29, 1.82) is 0 Å². The molecule has 1 amide bonds. The summed E-state index contributed by atoms with van der Waals surface area (Å²) in [7, 11) is -3.66. The molecule has 4 N–H and O–H groups in total. The largest absolute Gasteiger partial charge is 0.338 e. The van der Waals surface area contributed by atoms with E-state index in [0.29, 0.717) is 6.54 Å². The van der Waals surface area contributed by atoms with Crippen LogP contribution in [-0.4, -0.2) is 43.6 Å². The van der Waals surface area contributed by atoms with Crippen molar-refractivity contribution < 1.29 is 13.2 Å². The van der Waals surface area contributed by atoms with Gasteiger partial charge in [0.15, 0.2) is 0 Å². The fraction of sp³-hybridized carbons (Fsp3) is 0.929. The van der Waals surface area contributed by atoms with Gasteiger partial charge in [-0.05, 0) is 36.6 Å². The van der Waals surface area contributed by atoms with Crippen LogP contribution in [0, 0.1) is 10.8 Å². The van der Waals surface area contributed by atoms with Crippen LogP contribution in [0.2, 0.25) is 0 Å². The van der Waals surface area contributed by atoms with Crippen molar-refractivity contribution >= 4 is 15.9 Å². The van der Waals surface area contributed by atoms with Crippen molar-refractivity contribution in [3.05, 3.63) is 0 Å². The van der Waals surface area contributed by atoms with E-state index in [-0.39, 0.29) is 35.7 Å². The van der Waals surface area contributed by atoms with Crippen LogP contribution in [0.3, 0.4) is 0 Å². The molecule has 6 nitrogen and oxygen atoms in total. The van der Waals surface area contributed by atoms with Gasteiger partial charge in [0, 0.05) is 19.0 Å². The Balaban J connectivity index is 2.20. The summed E-state index contributed by atoms with van der Waals surface area (Å²) in [5.74, 6) is -0.101. The van der Waals surface area contributed by atoms with Crippen LogP contribution in [-0.2, 0) is 14.8 Å². The van der Waals surface area contributed by atoms with Crippen LogP contribution in [0.5, 0.6) is 0 Å². The molecule has 0 aromatic rings. The molecule has 1 aliphatic heterocycles. The molecule has 0 radical (unpaired) electrons. The van der Waals surface area contributed by atoms with Crippen molar-refractivity contribution in [3.8, 4) is 0 Å². The molecule has 0 aromatic heterocycles. The Morgan fingerprint density at radius 1 is 1.29 bits per heavy atom. The van der Waals surface area contributed by atoms with Gasteiger partial charge in [-0.25, -0.2) is 13.6 Å². The van der Waals surface area contributed by atoms with Crippen LogP contribution in [0.15, 0.2) is 0 Å². The second kappa shape index (κ2) is 5.21. The zero-order valence-electron chi connectivity index (χ0n) is 13.1. The van der Waals surface area contributed by atoms with Gasteiger partial charge in [-0.1, -0.05) is 20.8 Å². The molecule has 2 rings (SSSR count). The van der Waals surface area contributed by atoms with Crippen LogP contribution in [0.1, 0.15) is 46.5 Å². The van der Waals surface area contributed by atoms with E-state index in [1.165, 1.54) is 0 Å². The van der Waals surface area contributed by atoms with Crippen LogP contribution in [0.4, 0.5) is 0 Å². The minimum absolute atomic E-state index is 0.00757. The van der Waals surface area contributed by atoms with Crippen molar-refractivity contribution in [2.45, 2.75) is 57.7 Å². The average Bonchev–Trinajstić information content (AvgIpc) is 2.68. The van der Waals surface area contributed by atoms with Gasteiger partial charge in [0.2, 0.25) is 15.9 Å². The lowest BCUT2D eigenvalue weighted by atomic mass is 9.62. The maximum atomic E-state index is 12.2. The standard InChI is InChI=1S/C14H27N3O3S/c1-13(2)5-10(6-14(3,8-13)9-15)17-7-11(4-12(17)18)21(16,19)20/h10-11H,4-9,15H2,1-3H3,(H2,16,19,20). The van der Waals surface area contributed by atoms with Crippen LogP contribution in [0.25, 0.3) is 0 Å². The third kappa shape index (κ3) is 3.57. The normalized spacial score (nSPS) is 37.0. The third-order valence-electron chi connectivity index (χ3n) is 4.94. The smallest absolute Gasteiger partial charge is 0.224 e. The monoisotopic (exact) mass is 317 g/mol. The quantitative estimate of drug-likeness (QED) is 0.786. The Morgan fingerprint density at radius 3 is 2.38 bits per heavy atom. The minimum Gasteiger partial charge on any atom is -0.338 e. The number of rotatable bonds is 3.